The van der Waals surface area contributed by atoms with Gasteiger partial charge in [-0.1, -0.05) is 6.92 Å². The minimum absolute atomic E-state index is 0.0705. The van der Waals surface area contributed by atoms with Crippen LogP contribution in [-0.4, -0.2) is 23.9 Å². The molecule has 1 atom stereocenters. The topological polar surface area (TPSA) is 49.4 Å². The molecule has 21 heavy (non-hydrogen) atoms. The molecule has 1 aromatic rings. The highest BCUT2D eigenvalue weighted by Crippen LogP contribution is 2.28. The van der Waals surface area contributed by atoms with Crippen molar-refractivity contribution in [2.24, 2.45) is 0 Å². The first-order valence-electron chi connectivity index (χ1n) is 6.56. The maximum Gasteiger partial charge on any atom is 0.252 e. The summed E-state index contributed by atoms with van der Waals surface area (Å²) in [5.74, 6) is -4.64. The minimum Gasteiger partial charge on any atom is -0.342 e. The quantitative estimate of drug-likeness (QED) is 0.851. The zero-order chi connectivity index (χ0) is 15.8. The summed E-state index contributed by atoms with van der Waals surface area (Å²) < 4.78 is 40.5. The third-order valence-corrected chi connectivity index (χ3v) is 3.67. The van der Waals surface area contributed by atoms with E-state index in [9.17, 15) is 22.8 Å². The molecular weight excluding hydrogens is 285 g/mol. The zero-order valence-electron chi connectivity index (χ0n) is 11.7. The van der Waals surface area contributed by atoms with Crippen molar-refractivity contribution < 1.29 is 22.8 Å². The van der Waals surface area contributed by atoms with Crippen LogP contribution in [0.15, 0.2) is 12.1 Å². The summed E-state index contributed by atoms with van der Waals surface area (Å²) in [5, 5.41) is 2.56. The van der Waals surface area contributed by atoms with E-state index < -0.39 is 34.6 Å². The van der Waals surface area contributed by atoms with E-state index in [-0.39, 0.29) is 25.3 Å². The van der Waals surface area contributed by atoms with Crippen LogP contribution < -0.4 is 10.2 Å². The van der Waals surface area contributed by atoms with Gasteiger partial charge in [0.05, 0.1) is 5.69 Å². The van der Waals surface area contributed by atoms with Crippen LogP contribution in [0.25, 0.3) is 0 Å². The second kappa shape index (κ2) is 5.38. The molecule has 1 aliphatic heterocycles. The fourth-order valence-corrected chi connectivity index (χ4v) is 2.24. The average molecular weight is 300 g/mol. The lowest BCUT2D eigenvalue weighted by Gasteiger charge is -2.31. The van der Waals surface area contributed by atoms with Crippen molar-refractivity contribution in [2.75, 3.05) is 11.4 Å². The smallest absolute Gasteiger partial charge is 0.252 e. The van der Waals surface area contributed by atoms with Gasteiger partial charge >= 0.3 is 0 Å². The van der Waals surface area contributed by atoms with Gasteiger partial charge in [0.25, 0.3) is 5.91 Å². The van der Waals surface area contributed by atoms with Crippen LogP contribution in [0.4, 0.5) is 18.9 Å². The number of carbonyl (C=O) groups is 2. The zero-order valence-corrected chi connectivity index (χ0v) is 11.7. The number of nitrogens with zero attached hydrogens (tertiary/aromatic N) is 1. The number of rotatable bonds is 2. The van der Waals surface area contributed by atoms with Crippen LogP contribution in [0.2, 0.25) is 0 Å². The SMILES string of the molecule is CCC1(C)NC(=O)CCN(c2cc(F)cc(F)c2F)C1=O. The van der Waals surface area contributed by atoms with Gasteiger partial charge in [-0.2, -0.15) is 0 Å². The molecule has 4 nitrogen and oxygen atoms in total. The predicted octanol–water partition coefficient (Wildman–Crippen LogP) is 2.13. The van der Waals surface area contributed by atoms with Gasteiger partial charge in [-0.25, -0.2) is 13.2 Å². The number of hydrogen-bond acceptors (Lipinski definition) is 2. The Morgan fingerprint density at radius 3 is 2.57 bits per heavy atom. The number of hydrogen-bond donors (Lipinski definition) is 1. The van der Waals surface area contributed by atoms with Gasteiger partial charge in [-0.15, -0.1) is 0 Å². The Balaban J connectivity index is 2.52. The molecule has 114 valence electrons. The molecule has 0 bridgehead atoms. The molecule has 1 N–H and O–H groups in total. The van der Waals surface area contributed by atoms with E-state index in [1.54, 1.807) is 6.92 Å². The summed E-state index contributed by atoms with van der Waals surface area (Å²) in [7, 11) is 0. The predicted molar refractivity (Wildman–Crippen MR) is 70.1 cm³/mol. The van der Waals surface area contributed by atoms with Crippen molar-refractivity contribution in [3.8, 4) is 0 Å². The van der Waals surface area contributed by atoms with Gasteiger partial charge in [0.2, 0.25) is 5.91 Å². The second-order valence-electron chi connectivity index (χ2n) is 5.16. The highest BCUT2D eigenvalue weighted by atomic mass is 19.2. The van der Waals surface area contributed by atoms with E-state index in [4.69, 9.17) is 0 Å². The van der Waals surface area contributed by atoms with Crippen LogP contribution in [0.3, 0.4) is 0 Å². The largest absolute Gasteiger partial charge is 0.342 e. The van der Waals surface area contributed by atoms with Gasteiger partial charge < -0.3 is 10.2 Å². The number of halogens is 3. The van der Waals surface area contributed by atoms with Gasteiger partial charge in [0.15, 0.2) is 11.6 Å². The van der Waals surface area contributed by atoms with Crippen LogP contribution >= 0.6 is 0 Å². The van der Waals surface area contributed by atoms with Gasteiger partial charge in [-0.05, 0) is 13.3 Å². The van der Waals surface area contributed by atoms with Crippen LogP contribution in [0.5, 0.6) is 0 Å². The summed E-state index contributed by atoms with van der Waals surface area (Å²) in [6.07, 6.45) is 0.201. The molecule has 0 spiro atoms. The fraction of sp³-hybridized carbons (Fsp3) is 0.429. The number of carbonyl (C=O) groups excluding carboxylic acids is 2. The molecule has 1 heterocycles. The Morgan fingerprint density at radius 2 is 1.95 bits per heavy atom. The van der Waals surface area contributed by atoms with Crippen molar-refractivity contribution in [1.82, 2.24) is 5.32 Å². The highest BCUT2D eigenvalue weighted by Gasteiger charge is 2.40. The van der Waals surface area contributed by atoms with Crippen LogP contribution in [-0.2, 0) is 9.59 Å². The Bertz CT molecular complexity index is 606. The summed E-state index contributed by atoms with van der Waals surface area (Å²) in [6, 6.07) is 1.16. The number of anilines is 1. The monoisotopic (exact) mass is 300 g/mol. The molecule has 0 radical (unpaired) electrons. The first kappa shape index (κ1) is 15.3. The highest BCUT2D eigenvalue weighted by molar-refractivity contribution is 6.04. The Labute approximate surface area is 119 Å². The molecule has 7 heteroatoms. The molecule has 2 rings (SSSR count). The Morgan fingerprint density at radius 1 is 1.29 bits per heavy atom. The molecule has 0 aromatic heterocycles. The van der Waals surface area contributed by atoms with Gasteiger partial charge in [0, 0.05) is 25.1 Å². The van der Waals surface area contributed by atoms with Crippen LogP contribution in [0.1, 0.15) is 26.7 Å². The Hall–Kier alpha value is -2.05. The lowest BCUT2D eigenvalue weighted by Crippen LogP contribution is -2.55. The lowest BCUT2D eigenvalue weighted by molar-refractivity contribution is -0.129. The summed E-state index contributed by atoms with van der Waals surface area (Å²) in [5.41, 5.74) is -1.73. The van der Waals surface area contributed by atoms with Crippen molar-refractivity contribution >= 4 is 17.5 Å². The number of benzene rings is 1. The second-order valence-corrected chi connectivity index (χ2v) is 5.16. The Kier molecular flexibility index (Phi) is 3.93. The van der Waals surface area contributed by atoms with Gasteiger partial charge in [-0.3, -0.25) is 9.59 Å². The molecule has 0 saturated carbocycles. The molecule has 1 aliphatic rings. The van der Waals surface area contributed by atoms with Crippen molar-refractivity contribution in [3.63, 3.8) is 0 Å². The number of nitrogens with one attached hydrogen (secondary N) is 1. The van der Waals surface area contributed by atoms with E-state index in [1.807, 2.05) is 0 Å². The molecule has 1 fully saturated rings. The molecular formula is C14H15F3N2O2. The molecule has 0 aliphatic carbocycles. The maximum absolute atomic E-state index is 13.9. The van der Waals surface area contributed by atoms with Gasteiger partial charge in [0.1, 0.15) is 11.4 Å². The summed E-state index contributed by atoms with van der Waals surface area (Å²) >= 11 is 0. The first-order chi connectivity index (χ1) is 9.78. The van der Waals surface area contributed by atoms with E-state index in [2.05, 4.69) is 5.32 Å². The van der Waals surface area contributed by atoms with Crippen molar-refractivity contribution in [3.05, 3.63) is 29.6 Å². The van der Waals surface area contributed by atoms with E-state index in [0.717, 1.165) is 11.0 Å². The minimum atomic E-state index is -1.38. The number of amides is 2. The summed E-state index contributed by atoms with van der Waals surface area (Å²) in [4.78, 5) is 25.1. The maximum atomic E-state index is 13.9. The van der Waals surface area contributed by atoms with Crippen LogP contribution in [0, 0.1) is 17.5 Å². The fourth-order valence-electron chi connectivity index (χ4n) is 2.24. The van der Waals surface area contributed by atoms with Crippen molar-refractivity contribution in [1.29, 1.82) is 0 Å². The third kappa shape index (κ3) is 2.72. The third-order valence-electron chi connectivity index (χ3n) is 3.67. The van der Waals surface area contributed by atoms with Crippen molar-refractivity contribution in [2.45, 2.75) is 32.2 Å². The molecule has 1 aromatic carbocycles. The standard InChI is InChI=1S/C14H15F3N2O2/c1-3-14(2)13(21)19(5-4-11(20)18-14)10-7-8(15)6-9(16)12(10)17/h6-7H,3-5H2,1-2H3,(H,18,20). The average Bonchev–Trinajstić information content (AvgIpc) is 2.53. The molecule has 1 unspecified atom stereocenters. The summed E-state index contributed by atoms with van der Waals surface area (Å²) in [6.45, 7) is 3.05. The van der Waals surface area contributed by atoms with E-state index >= 15 is 0 Å². The first-order valence-corrected chi connectivity index (χ1v) is 6.56. The molecule has 1 saturated heterocycles. The van der Waals surface area contributed by atoms with E-state index in [0.29, 0.717) is 6.07 Å². The normalized spacial score (nSPS) is 23.0. The van der Waals surface area contributed by atoms with E-state index in [1.165, 1.54) is 6.92 Å². The lowest BCUT2D eigenvalue weighted by atomic mass is 9.97. The molecule has 2 amide bonds.